The van der Waals surface area contributed by atoms with Gasteiger partial charge in [-0.1, -0.05) is 0 Å². The van der Waals surface area contributed by atoms with Crippen molar-refractivity contribution in [3.63, 3.8) is 0 Å². The third-order valence-electron chi connectivity index (χ3n) is 4.08. The zero-order chi connectivity index (χ0) is 21.7. The molecule has 1 saturated heterocycles. The summed E-state index contributed by atoms with van der Waals surface area (Å²) in [6.45, 7) is 8.34. The number of carbonyl (C=O) groups is 1. The summed E-state index contributed by atoms with van der Waals surface area (Å²) in [6, 6.07) is 7.73. The lowest BCUT2D eigenvalue weighted by molar-refractivity contribution is -0.385. The Labute approximate surface area is 178 Å². The van der Waals surface area contributed by atoms with E-state index in [1.807, 2.05) is 45.0 Å². The predicted molar refractivity (Wildman–Crippen MR) is 114 cm³/mol. The number of amides is 1. The number of anilines is 2. The predicted octanol–water partition coefficient (Wildman–Crippen LogP) is 3.69. The lowest BCUT2D eigenvalue weighted by Gasteiger charge is -2.34. The Hall–Kier alpha value is -2.92. The molecule has 11 heteroatoms. The third-order valence-corrected chi connectivity index (χ3v) is 5.19. The molecule has 1 aromatic heterocycles. The van der Waals surface area contributed by atoms with Gasteiger partial charge in [-0.3, -0.25) is 10.1 Å². The molecular formula is C19H24N6O4S. The van der Waals surface area contributed by atoms with E-state index in [0.717, 1.165) is 36.1 Å². The summed E-state index contributed by atoms with van der Waals surface area (Å²) >= 11 is 1.63. The van der Waals surface area contributed by atoms with Crippen LogP contribution in [-0.2, 0) is 4.74 Å². The number of hydrogen-bond acceptors (Lipinski definition) is 9. The van der Waals surface area contributed by atoms with Crippen molar-refractivity contribution in [3.05, 3.63) is 46.8 Å². The van der Waals surface area contributed by atoms with E-state index in [1.165, 1.54) is 0 Å². The van der Waals surface area contributed by atoms with Gasteiger partial charge in [0.25, 0.3) is 0 Å². The molecule has 0 aliphatic carbocycles. The molecule has 3 rings (SSSR count). The van der Waals surface area contributed by atoms with Gasteiger partial charge in [0.2, 0.25) is 5.95 Å². The first kappa shape index (κ1) is 21.8. The van der Waals surface area contributed by atoms with Crippen molar-refractivity contribution in [3.8, 4) is 0 Å². The van der Waals surface area contributed by atoms with E-state index in [-0.39, 0.29) is 11.8 Å². The molecule has 0 saturated carbocycles. The van der Waals surface area contributed by atoms with Gasteiger partial charge in [-0.25, -0.2) is 19.1 Å². The molecule has 1 N–H and O–H groups in total. The summed E-state index contributed by atoms with van der Waals surface area (Å²) in [5.74, 6) is 0.291. The largest absolute Gasteiger partial charge is 0.444 e. The molecule has 0 spiro atoms. The maximum Gasteiger partial charge on any atom is 0.410 e. The minimum atomic E-state index is -0.539. The highest BCUT2D eigenvalue weighted by Crippen LogP contribution is 2.26. The average Bonchev–Trinajstić information content (AvgIpc) is 2.69. The van der Waals surface area contributed by atoms with Gasteiger partial charge in [0, 0.05) is 36.8 Å². The minimum absolute atomic E-state index is 0.154. The second kappa shape index (κ2) is 9.26. The Balaban J connectivity index is 1.48. The van der Waals surface area contributed by atoms with Gasteiger partial charge in [0.1, 0.15) is 18.0 Å². The standard InChI is InChI=1S/C19H24N6O4S/c1-19(2,3)29-18(26)23-8-10-24(11-9-23)30-16-6-4-14(5-7-16)22-17-20-12-15(13-21-17)25(27)28/h4-7,12-13H,8-11H2,1-3H3,(H,20,21,22). The number of nitrogens with zero attached hydrogens (tertiary/aromatic N) is 5. The quantitative estimate of drug-likeness (QED) is 0.429. The number of piperazine rings is 1. The second-order valence-corrected chi connectivity index (χ2v) is 8.83. The molecule has 10 nitrogen and oxygen atoms in total. The molecule has 30 heavy (non-hydrogen) atoms. The van der Waals surface area contributed by atoms with E-state index in [9.17, 15) is 14.9 Å². The number of aromatic nitrogens is 2. The smallest absolute Gasteiger partial charge is 0.410 e. The zero-order valence-electron chi connectivity index (χ0n) is 17.1. The molecule has 1 aliphatic heterocycles. The topological polar surface area (TPSA) is 114 Å². The summed E-state index contributed by atoms with van der Waals surface area (Å²) < 4.78 is 7.63. The van der Waals surface area contributed by atoms with Crippen molar-refractivity contribution in [1.82, 2.24) is 19.2 Å². The van der Waals surface area contributed by atoms with E-state index in [4.69, 9.17) is 4.74 Å². The summed E-state index contributed by atoms with van der Waals surface area (Å²) in [4.78, 5) is 32.9. The number of carbonyl (C=O) groups excluding carboxylic acids is 1. The Morgan fingerprint density at radius 3 is 2.27 bits per heavy atom. The molecule has 0 bridgehead atoms. The van der Waals surface area contributed by atoms with Crippen LogP contribution in [0.2, 0.25) is 0 Å². The summed E-state index contributed by atoms with van der Waals surface area (Å²) in [5.41, 5.74) is 0.139. The van der Waals surface area contributed by atoms with Crippen molar-refractivity contribution in [1.29, 1.82) is 0 Å². The Morgan fingerprint density at radius 1 is 1.13 bits per heavy atom. The van der Waals surface area contributed by atoms with Crippen molar-refractivity contribution < 1.29 is 14.5 Å². The number of rotatable bonds is 5. The van der Waals surface area contributed by atoms with Crippen LogP contribution in [-0.4, -0.2) is 62.0 Å². The average molecular weight is 433 g/mol. The van der Waals surface area contributed by atoms with Crippen LogP contribution in [0.3, 0.4) is 0 Å². The van der Waals surface area contributed by atoms with Gasteiger partial charge in [-0.2, -0.15) is 0 Å². The van der Waals surface area contributed by atoms with Crippen molar-refractivity contribution in [2.45, 2.75) is 31.3 Å². The van der Waals surface area contributed by atoms with E-state index in [2.05, 4.69) is 19.6 Å². The second-order valence-electron chi connectivity index (χ2n) is 7.66. The number of nitrogens with one attached hydrogen (secondary N) is 1. The normalized spacial score (nSPS) is 15.0. The lowest BCUT2D eigenvalue weighted by atomic mass is 10.2. The molecular weight excluding hydrogens is 408 g/mol. The molecule has 2 heterocycles. The molecule has 1 aliphatic rings. The van der Waals surface area contributed by atoms with Gasteiger partial charge in [0.15, 0.2) is 0 Å². The molecule has 0 atom stereocenters. The number of hydrogen-bond donors (Lipinski definition) is 1. The van der Waals surface area contributed by atoms with Gasteiger partial charge in [-0.15, -0.1) is 0 Å². The molecule has 160 valence electrons. The summed E-state index contributed by atoms with van der Waals surface area (Å²) in [5, 5.41) is 13.7. The monoisotopic (exact) mass is 432 g/mol. The maximum absolute atomic E-state index is 12.1. The fraction of sp³-hybridized carbons (Fsp3) is 0.421. The molecule has 2 aromatic rings. The molecule has 1 aromatic carbocycles. The highest BCUT2D eigenvalue weighted by Gasteiger charge is 2.26. The van der Waals surface area contributed by atoms with E-state index >= 15 is 0 Å². The maximum atomic E-state index is 12.1. The van der Waals surface area contributed by atoms with Crippen LogP contribution in [0, 0.1) is 10.1 Å². The third kappa shape index (κ3) is 6.29. The summed E-state index contributed by atoms with van der Waals surface area (Å²) in [7, 11) is 0. The van der Waals surface area contributed by atoms with Crippen LogP contribution in [0.1, 0.15) is 20.8 Å². The molecule has 0 unspecified atom stereocenters. The van der Waals surface area contributed by atoms with Gasteiger partial charge in [-0.05, 0) is 57.0 Å². The van der Waals surface area contributed by atoms with Gasteiger partial charge < -0.3 is 15.0 Å². The van der Waals surface area contributed by atoms with E-state index < -0.39 is 10.5 Å². The van der Waals surface area contributed by atoms with Gasteiger partial charge in [0.05, 0.1) is 4.92 Å². The van der Waals surface area contributed by atoms with Crippen LogP contribution in [0.25, 0.3) is 0 Å². The van der Waals surface area contributed by atoms with Crippen molar-refractivity contribution in [2.24, 2.45) is 0 Å². The molecule has 1 amide bonds. The van der Waals surface area contributed by atoms with E-state index in [1.54, 1.807) is 16.8 Å². The first-order chi connectivity index (χ1) is 14.2. The minimum Gasteiger partial charge on any atom is -0.444 e. The Kier molecular flexibility index (Phi) is 6.73. The van der Waals surface area contributed by atoms with Crippen LogP contribution in [0.15, 0.2) is 41.6 Å². The lowest BCUT2D eigenvalue weighted by Crippen LogP contribution is -2.47. The fourth-order valence-corrected chi connectivity index (χ4v) is 3.55. The number of benzene rings is 1. The van der Waals surface area contributed by atoms with Crippen molar-refractivity contribution in [2.75, 3.05) is 31.5 Å². The number of nitro groups is 1. The van der Waals surface area contributed by atoms with Crippen LogP contribution < -0.4 is 5.32 Å². The first-order valence-corrected chi connectivity index (χ1v) is 10.2. The molecule has 1 fully saturated rings. The fourth-order valence-electron chi connectivity index (χ4n) is 2.65. The highest BCUT2D eigenvalue weighted by molar-refractivity contribution is 7.97. The van der Waals surface area contributed by atoms with Crippen LogP contribution in [0.4, 0.5) is 22.1 Å². The Bertz CT molecular complexity index is 877. The zero-order valence-corrected chi connectivity index (χ0v) is 17.9. The van der Waals surface area contributed by atoms with E-state index in [0.29, 0.717) is 19.0 Å². The summed E-state index contributed by atoms with van der Waals surface area (Å²) in [6.07, 6.45) is 2.06. The van der Waals surface area contributed by atoms with Gasteiger partial charge >= 0.3 is 11.8 Å². The highest BCUT2D eigenvalue weighted by atomic mass is 32.2. The number of ether oxygens (including phenoxy) is 1. The SMILES string of the molecule is CC(C)(C)OC(=O)N1CCN(Sc2ccc(Nc3ncc([N+](=O)[O-])cn3)cc2)CC1. The Morgan fingerprint density at radius 2 is 1.73 bits per heavy atom. The van der Waals surface area contributed by atoms with Crippen LogP contribution in [0.5, 0.6) is 0 Å². The van der Waals surface area contributed by atoms with Crippen LogP contribution >= 0.6 is 11.9 Å². The van der Waals surface area contributed by atoms with Crippen molar-refractivity contribution >= 4 is 35.4 Å². The first-order valence-electron chi connectivity index (χ1n) is 9.44. The molecule has 0 radical (unpaired) electrons.